The fourth-order valence-electron chi connectivity index (χ4n) is 7.42. The van der Waals surface area contributed by atoms with Gasteiger partial charge in [0.25, 0.3) is 11.8 Å². The molecule has 0 aromatic heterocycles. The number of aliphatic hydroxyl groups is 1. The molecule has 2 fully saturated rings. The molecule has 20 nitrogen and oxygen atoms in total. The molecular formula is C47H67N9O11S. The molecule has 0 aliphatic carbocycles. The summed E-state index contributed by atoms with van der Waals surface area (Å²) in [7, 11) is 0. The Morgan fingerprint density at radius 2 is 1.37 bits per heavy atom. The molecule has 2 aliphatic rings. The van der Waals surface area contributed by atoms with E-state index >= 15 is 0 Å². The topological polar surface area (TPSA) is 297 Å². The van der Waals surface area contributed by atoms with Crippen LogP contribution in [-0.2, 0) is 48.9 Å². The molecule has 2 aromatic rings. The first-order valence-corrected chi connectivity index (χ1v) is 24.5. The first kappa shape index (κ1) is 54.5. The maximum Gasteiger partial charge on any atom is 0.333 e. The number of nitrogens with two attached hydrogens (primary N) is 1. The third-order valence-electron chi connectivity index (χ3n) is 11.2. The van der Waals surface area contributed by atoms with E-state index in [4.69, 9.17) is 10.6 Å². The number of primary amides is 1. The lowest BCUT2D eigenvalue weighted by Gasteiger charge is -2.25. The van der Waals surface area contributed by atoms with Crippen LogP contribution in [0.2, 0.25) is 0 Å². The molecule has 0 bridgehead atoms. The zero-order valence-electron chi connectivity index (χ0n) is 38.9. The van der Waals surface area contributed by atoms with Crippen LogP contribution in [0.3, 0.4) is 0 Å². The van der Waals surface area contributed by atoms with Crippen molar-refractivity contribution in [2.24, 2.45) is 11.7 Å². The van der Waals surface area contributed by atoms with Gasteiger partial charge in [0, 0.05) is 49.4 Å². The molecule has 0 spiro atoms. The van der Waals surface area contributed by atoms with Gasteiger partial charge >= 0.3 is 12.0 Å². The van der Waals surface area contributed by atoms with E-state index in [9.17, 15) is 48.3 Å². The molecule has 4 rings (SSSR count). The average molecular weight is 966 g/mol. The number of carbonyl (C=O) groups excluding carboxylic acids is 9. The Morgan fingerprint density at radius 1 is 0.750 bits per heavy atom. The van der Waals surface area contributed by atoms with Crippen LogP contribution in [0.4, 0.5) is 16.2 Å². The molecule has 2 saturated heterocycles. The molecule has 21 heteroatoms. The molecule has 0 saturated carbocycles. The van der Waals surface area contributed by atoms with Crippen LogP contribution in [0, 0.1) is 5.92 Å². The standard InChI is InChI=1S/C47H67N9O11S/c1-30(2)42(55-37(57)17-9-4-10-18-41(61)67-56-39(59)25-26-40(56)60)46(65)54-35(16-12-27-49-47(48)66)44(63)51-33-21-19-31(20-22-33)29-68-28-11-5-8-15-34(43(62)50-32-13-6-3-7-14-32)53-45(64)36-23-24-38(58)52-36/h3,6-7,13-14,19-22,30,34-36,38,42,52,58H,4-5,8-12,15-18,23-29H2,1-2H3,(H,50,62)(H,51,63)(H,53,64)(H,54,65)(H,55,57)(H3,48,49,66)/t34-,35-,36+,38?,42-/m0/s1. The van der Waals surface area contributed by atoms with Crippen LogP contribution in [0.5, 0.6) is 0 Å². The highest BCUT2D eigenvalue weighted by Crippen LogP contribution is 2.20. The number of urea groups is 1. The molecule has 2 aromatic carbocycles. The number of thioether (sulfide) groups is 1. The molecular weight excluding hydrogens is 899 g/mol. The van der Waals surface area contributed by atoms with E-state index in [1.165, 1.54) is 0 Å². The molecule has 10 N–H and O–H groups in total. The lowest BCUT2D eigenvalue weighted by molar-refractivity contribution is -0.197. The number of benzene rings is 2. The quantitative estimate of drug-likeness (QED) is 0.0419. The van der Waals surface area contributed by atoms with Crippen molar-refractivity contribution in [1.82, 2.24) is 31.6 Å². The maximum atomic E-state index is 13.6. The Hall–Kier alpha value is -6.06. The number of para-hydroxylation sites is 1. The van der Waals surface area contributed by atoms with Crippen molar-refractivity contribution in [2.75, 3.05) is 22.9 Å². The summed E-state index contributed by atoms with van der Waals surface area (Å²) in [5.74, 6) is -2.62. The Balaban J connectivity index is 1.19. The summed E-state index contributed by atoms with van der Waals surface area (Å²) in [5.41, 5.74) is 7.38. The maximum absolute atomic E-state index is 13.6. The number of aliphatic hydroxyl groups excluding tert-OH is 1. The van der Waals surface area contributed by atoms with Gasteiger partial charge in [-0.3, -0.25) is 38.9 Å². The van der Waals surface area contributed by atoms with Crippen molar-refractivity contribution in [2.45, 2.75) is 146 Å². The summed E-state index contributed by atoms with van der Waals surface area (Å²) in [6.07, 6.45) is 4.90. The predicted molar refractivity (Wildman–Crippen MR) is 255 cm³/mol. The molecule has 5 atom stereocenters. The Labute approximate surface area is 401 Å². The lowest BCUT2D eigenvalue weighted by Crippen LogP contribution is -2.54. The second kappa shape index (κ2) is 29.0. The molecule has 68 heavy (non-hydrogen) atoms. The summed E-state index contributed by atoms with van der Waals surface area (Å²) >= 11 is 1.75. The van der Waals surface area contributed by atoms with Crippen LogP contribution in [0.1, 0.15) is 116 Å². The molecule has 1 unspecified atom stereocenters. The summed E-state index contributed by atoms with van der Waals surface area (Å²) in [6.45, 7) is 3.69. The van der Waals surface area contributed by atoms with E-state index in [1.807, 2.05) is 30.3 Å². The minimum absolute atomic E-state index is 0.00169. The predicted octanol–water partition coefficient (Wildman–Crippen LogP) is 3.24. The monoisotopic (exact) mass is 965 g/mol. The number of hydrogen-bond donors (Lipinski definition) is 9. The Morgan fingerprint density at radius 3 is 2.00 bits per heavy atom. The third kappa shape index (κ3) is 19.7. The van der Waals surface area contributed by atoms with E-state index in [1.54, 1.807) is 49.9 Å². The van der Waals surface area contributed by atoms with E-state index in [0.29, 0.717) is 61.4 Å². The minimum Gasteiger partial charge on any atom is -0.379 e. The van der Waals surface area contributed by atoms with Gasteiger partial charge in [0.2, 0.25) is 29.5 Å². The van der Waals surface area contributed by atoms with Crippen molar-refractivity contribution < 1.29 is 53.1 Å². The smallest absolute Gasteiger partial charge is 0.333 e. The first-order chi connectivity index (χ1) is 32.6. The zero-order chi connectivity index (χ0) is 49.4. The highest BCUT2D eigenvalue weighted by atomic mass is 32.2. The number of anilines is 2. The van der Waals surface area contributed by atoms with Crippen molar-refractivity contribution >= 4 is 76.5 Å². The van der Waals surface area contributed by atoms with Crippen LogP contribution in [0.15, 0.2) is 54.6 Å². The van der Waals surface area contributed by atoms with Crippen molar-refractivity contribution in [1.29, 1.82) is 0 Å². The minimum atomic E-state index is -1.01. The van der Waals surface area contributed by atoms with Crippen molar-refractivity contribution in [3.8, 4) is 0 Å². The average Bonchev–Trinajstić information content (AvgIpc) is 3.89. The highest BCUT2D eigenvalue weighted by Gasteiger charge is 2.33. The first-order valence-electron chi connectivity index (χ1n) is 23.4. The number of unbranched alkanes of at least 4 members (excludes halogenated alkanes) is 4. The van der Waals surface area contributed by atoms with Gasteiger partial charge in [0.05, 0.1) is 6.04 Å². The molecule has 9 amide bonds. The molecule has 372 valence electrons. The number of hydrogen-bond acceptors (Lipinski definition) is 13. The largest absolute Gasteiger partial charge is 0.379 e. The number of amides is 9. The molecule has 0 radical (unpaired) electrons. The van der Waals surface area contributed by atoms with E-state index in [-0.39, 0.29) is 56.4 Å². The zero-order valence-corrected chi connectivity index (χ0v) is 39.7. The van der Waals surface area contributed by atoms with Crippen LogP contribution < -0.4 is 43.0 Å². The second-order valence-electron chi connectivity index (χ2n) is 17.2. The third-order valence-corrected chi connectivity index (χ3v) is 12.4. The fourth-order valence-corrected chi connectivity index (χ4v) is 8.40. The summed E-state index contributed by atoms with van der Waals surface area (Å²) < 4.78 is 0. The summed E-state index contributed by atoms with van der Waals surface area (Å²) in [4.78, 5) is 118. The summed E-state index contributed by atoms with van der Waals surface area (Å²) in [6, 6.07) is 12.4. The number of nitrogens with one attached hydrogen (secondary N) is 7. The van der Waals surface area contributed by atoms with Gasteiger partial charge in [-0.2, -0.15) is 11.8 Å². The Kier molecular flexibility index (Phi) is 23.2. The highest BCUT2D eigenvalue weighted by molar-refractivity contribution is 7.98. The van der Waals surface area contributed by atoms with E-state index in [0.717, 1.165) is 36.3 Å². The van der Waals surface area contributed by atoms with Crippen LogP contribution >= 0.6 is 11.8 Å². The van der Waals surface area contributed by atoms with Gasteiger partial charge in [0.1, 0.15) is 24.4 Å². The lowest BCUT2D eigenvalue weighted by atomic mass is 10.0. The number of carbonyl (C=O) groups is 9. The SMILES string of the molecule is CC(C)[C@H](NC(=O)CCCCCC(=O)ON1C(=O)CCC1=O)C(=O)N[C@@H](CCCNC(N)=O)C(=O)Nc1ccc(CSCCCCC[C@H](NC(=O)[C@H]2CCC(O)N2)C(=O)Nc2ccccc2)cc1. The normalized spacial score (nSPS) is 16.9. The number of imide groups is 1. The number of nitrogens with zero attached hydrogens (tertiary/aromatic N) is 1. The van der Waals surface area contributed by atoms with Gasteiger partial charge in [-0.15, -0.1) is 5.06 Å². The molecule has 2 heterocycles. The van der Waals surface area contributed by atoms with Gasteiger partial charge < -0.3 is 47.6 Å². The molecule has 2 aliphatic heterocycles. The van der Waals surface area contributed by atoms with Gasteiger partial charge in [-0.05, 0) is 92.9 Å². The van der Waals surface area contributed by atoms with Gasteiger partial charge in [-0.25, -0.2) is 9.59 Å². The van der Waals surface area contributed by atoms with Crippen LogP contribution in [-0.4, -0.2) is 106 Å². The van der Waals surface area contributed by atoms with E-state index < -0.39 is 71.9 Å². The fraction of sp³-hybridized carbons (Fsp3) is 0.553. The van der Waals surface area contributed by atoms with Crippen LogP contribution in [0.25, 0.3) is 0 Å². The Bertz CT molecular complexity index is 2010. The van der Waals surface area contributed by atoms with Gasteiger partial charge in [-0.1, -0.05) is 63.4 Å². The number of hydroxylamine groups is 2. The van der Waals surface area contributed by atoms with E-state index in [2.05, 4.69) is 37.2 Å². The summed E-state index contributed by atoms with van der Waals surface area (Å²) in [5, 5.41) is 29.8. The van der Waals surface area contributed by atoms with Gasteiger partial charge in [0.15, 0.2) is 0 Å². The van der Waals surface area contributed by atoms with Crippen molar-refractivity contribution in [3.05, 3.63) is 60.2 Å². The second-order valence-corrected chi connectivity index (χ2v) is 18.3. The van der Waals surface area contributed by atoms with Crippen molar-refractivity contribution in [3.63, 3.8) is 0 Å². The number of rotatable bonds is 29.